The highest BCUT2D eigenvalue weighted by Crippen LogP contribution is 2.16. The monoisotopic (exact) mass is 281 g/mol. The molecule has 0 saturated carbocycles. The third-order valence-corrected chi connectivity index (χ3v) is 4.03. The number of hydrogen-bond donors (Lipinski definition) is 2. The summed E-state index contributed by atoms with van der Waals surface area (Å²) in [5.74, 6) is 1.07. The first-order chi connectivity index (χ1) is 9.13. The molecule has 0 atom stereocenters. The lowest BCUT2D eigenvalue weighted by Crippen LogP contribution is -2.26. The zero-order valence-electron chi connectivity index (χ0n) is 10.5. The average molecular weight is 281 g/mol. The van der Waals surface area contributed by atoms with Gasteiger partial charge < -0.3 is 9.73 Å². The van der Waals surface area contributed by atoms with Crippen LogP contribution in [0.5, 0.6) is 0 Å². The standard InChI is InChI=1S/C12H15N3O3S/c1-13-12-11(5-2-7-14-12)19(16,17)15-8-6-10-4-3-9-18-10/h2-5,7,9,15H,6,8H2,1H3,(H,13,14). The molecular weight excluding hydrogens is 266 g/mol. The summed E-state index contributed by atoms with van der Waals surface area (Å²) >= 11 is 0. The molecule has 0 aromatic carbocycles. The molecule has 0 aliphatic rings. The number of aromatic nitrogens is 1. The van der Waals surface area contributed by atoms with Crippen molar-refractivity contribution in [3.8, 4) is 0 Å². The first-order valence-corrected chi connectivity index (χ1v) is 7.26. The van der Waals surface area contributed by atoms with Crippen LogP contribution in [0.15, 0.2) is 46.0 Å². The minimum atomic E-state index is -3.57. The molecule has 0 fully saturated rings. The topological polar surface area (TPSA) is 84.2 Å². The number of nitrogens with one attached hydrogen (secondary N) is 2. The lowest BCUT2D eigenvalue weighted by Gasteiger charge is -2.09. The van der Waals surface area contributed by atoms with Crippen LogP contribution in [0.25, 0.3) is 0 Å². The normalized spacial score (nSPS) is 11.4. The Labute approximate surface area is 111 Å². The Morgan fingerprint density at radius 1 is 1.32 bits per heavy atom. The van der Waals surface area contributed by atoms with Gasteiger partial charge in [0.2, 0.25) is 10.0 Å². The van der Waals surface area contributed by atoms with Crippen molar-refractivity contribution in [3.63, 3.8) is 0 Å². The van der Waals surface area contributed by atoms with Gasteiger partial charge in [-0.3, -0.25) is 0 Å². The second-order valence-corrected chi connectivity index (χ2v) is 5.56. The Kier molecular flexibility index (Phi) is 4.18. The summed E-state index contributed by atoms with van der Waals surface area (Å²) in [5, 5.41) is 2.76. The van der Waals surface area contributed by atoms with Crippen molar-refractivity contribution in [2.75, 3.05) is 18.9 Å². The molecule has 2 rings (SSSR count). The molecule has 0 unspecified atom stereocenters. The van der Waals surface area contributed by atoms with Gasteiger partial charge in [0, 0.05) is 26.2 Å². The number of furan rings is 1. The molecule has 0 saturated heterocycles. The summed E-state index contributed by atoms with van der Waals surface area (Å²) in [5.41, 5.74) is 0. The zero-order chi connectivity index (χ0) is 13.7. The van der Waals surface area contributed by atoms with E-state index < -0.39 is 10.0 Å². The van der Waals surface area contributed by atoms with E-state index in [4.69, 9.17) is 4.42 Å². The van der Waals surface area contributed by atoms with Crippen LogP contribution < -0.4 is 10.0 Å². The van der Waals surface area contributed by atoms with E-state index in [9.17, 15) is 8.42 Å². The molecule has 0 amide bonds. The summed E-state index contributed by atoms with van der Waals surface area (Å²) in [7, 11) is -1.94. The van der Waals surface area contributed by atoms with E-state index in [2.05, 4.69) is 15.0 Å². The fourth-order valence-electron chi connectivity index (χ4n) is 1.64. The van der Waals surface area contributed by atoms with Crippen molar-refractivity contribution >= 4 is 15.8 Å². The van der Waals surface area contributed by atoms with E-state index in [1.807, 2.05) is 0 Å². The van der Waals surface area contributed by atoms with Crippen molar-refractivity contribution in [1.29, 1.82) is 0 Å². The van der Waals surface area contributed by atoms with E-state index in [1.165, 1.54) is 12.3 Å². The highest BCUT2D eigenvalue weighted by molar-refractivity contribution is 7.89. The average Bonchev–Trinajstić information content (AvgIpc) is 2.91. The van der Waals surface area contributed by atoms with Gasteiger partial charge >= 0.3 is 0 Å². The third kappa shape index (κ3) is 3.33. The van der Waals surface area contributed by atoms with Crippen LogP contribution >= 0.6 is 0 Å². The summed E-state index contributed by atoms with van der Waals surface area (Å²) in [6, 6.07) is 6.66. The molecular formula is C12H15N3O3S. The van der Waals surface area contributed by atoms with Gasteiger partial charge in [0.1, 0.15) is 16.5 Å². The molecule has 0 bridgehead atoms. The second-order valence-electron chi connectivity index (χ2n) is 3.83. The lowest BCUT2D eigenvalue weighted by atomic mass is 10.3. The number of nitrogens with zero attached hydrogens (tertiary/aromatic N) is 1. The van der Waals surface area contributed by atoms with E-state index in [-0.39, 0.29) is 11.4 Å². The first kappa shape index (κ1) is 13.6. The van der Waals surface area contributed by atoms with Crippen LogP contribution in [0.2, 0.25) is 0 Å². The van der Waals surface area contributed by atoms with E-state index in [1.54, 1.807) is 31.5 Å². The van der Waals surface area contributed by atoms with E-state index >= 15 is 0 Å². The maximum absolute atomic E-state index is 12.1. The molecule has 2 N–H and O–H groups in total. The Balaban J connectivity index is 2.05. The van der Waals surface area contributed by atoms with Crippen molar-refractivity contribution < 1.29 is 12.8 Å². The van der Waals surface area contributed by atoms with Crippen LogP contribution in [0, 0.1) is 0 Å². The molecule has 0 aliphatic heterocycles. The van der Waals surface area contributed by atoms with Crippen LogP contribution in [0.4, 0.5) is 5.82 Å². The largest absolute Gasteiger partial charge is 0.469 e. The SMILES string of the molecule is CNc1ncccc1S(=O)(=O)NCCc1ccco1. The van der Waals surface area contributed by atoms with Crippen LogP contribution in [0.1, 0.15) is 5.76 Å². The minimum Gasteiger partial charge on any atom is -0.469 e. The number of pyridine rings is 1. The minimum absolute atomic E-state index is 0.136. The number of hydrogen-bond acceptors (Lipinski definition) is 5. The molecule has 0 radical (unpaired) electrons. The van der Waals surface area contributed by atoms with Crippen LogP contribution in [-0.4, -0.2) is 27.0 Å². The van der Waals surface area contributed by atoms with Gasteiger partial charge in [-0.15, -0.1) is 0 Å². The number of sulfonamides is 1. The fourth-order valence-corrected chi connectivity index (χ4v) is 2.83. The molecule has 6 nitrogen and oxygen atoms in total. The maximum Gasteiger partial charge on any atom is 0.244 e. The van der Waals surface area contributed by atoms with Gasteiger partial charge in [-0.05, 0) is 24.3 Å². The van der Waals surface area contributed by atoms with Crippen molar-refractivity contribution in [2.24, 2.45) is 0 Å². The smallest absolute Gasteiger partial charge is 0.244 e. The van der Waals surface area contributed by atoms with Crippen LogP contribution in [-0.2, 0) is 16.4 Å². The van der Waals surface area contributed by atoms with E-state index in [0.717, 1.165) is 5.76 Å². The number of anilines is 1. The van der Waals surface area contributed by atoms with Gasteiger partial charge in [-0.1, -0.05) is 0 Å². The predicted molar refractivity (Wildman–Crippen MR) is 71.4 cm³/mol. The predicted octanol–water partition coefficient (Wildman–Crippen LogP) is 1.24. The first-order valence-electron chi connectivity index (χ1n) is 5.78. The number of rotatable bonds is 6. The Morgan fingerprint density at radius 3 is 2.84 bits per heavy atom. The molecule has 7 heteroatoms. The Bertz CT molecular complexity index is 623. The van der Waals surface area contributed by atoms with Gasteiger partial charge in [0.25, 0.3) is 0 Å². The Morgan fingerprint density at radius 2 is 2.16 bits per heavy atom. The summed E-state index contributed by atoms with van der Waals surface area (Å²) in [6.07, 6.45) is 3.60. The lowest BCUT2D eigenvalue weighted by molar-refractivity contribution is 0.506. The van der Waals surface area contributed by atoms with Gasteiger partial charge in [-0.25, -0.2) is 18.1 Å². The molecule has 2 aromatic heterocycles. The highest BCUT2D eigenvalue weighted by atomic mass is 32.2. The van der Waals surface area contributed by atoms with E-state index in [0.29, 0.717) is 12.2 Å². The third-order valence-electron chi connectivity index (χ3n) is 2.54. The molecule has 2 aromatic rings. The summed E-state index contributed by atoms with van der Waals surface area (Å²) in [4.78, 5) is 4.11. The molecule has 0 aliphatic carbocycles. The van der Waals surface area contributed by atoms with Crippen molar-refractivity contribution in [3.05, 3.63) is 42.5 Å². The van der Waals surface area contributed by atoms with Gasteiger partial charge in [0.05, 0.1) is 6.26 Å². The Hall–Kier alpha value is -1.86. The zero-order valence-corrected chi connectivity index (χ0v) is 11.3. The molecule has 102 valence electrons. The summed E-state index contributed by atoms with van der Waals surface area (Å²) in [6.45, 7) is 0.272. The van der Waals surface area contributed by atoms with Crippen LogP contribution in [0.3, 0.4) is 0 Å². The van der Waals surface area contributed by atoms with Crippen molar-refractivity contribution in [1.82, 2.24) is 9.71 Å². The van der Waals surface area contributed by atoms with Crippen molar-refractivity contribution in [2.45, 2.75) is 11.3 Å². The second kappa shape index (κ2) is 5.85. The molecule has 0 spiro atoms. The highest BCUT2D eigenvalue weighted by Gasteiger charge is 2.18. The molecule has 2 heterocycles. The maximum atomic E-state index is 12.1. The summed E-state index contributed by atoms with van der Waals surface area (Å²) < 4.78 is 31.9. The quantitative estimate of drug-likeness (QED) is 0.832. The van der Waals surface area contributed by atoms with Gasteiger partial charge in [-0.2, -0.15) is 0 Å². The van der Waals surface area contributed by atoms with Gasteiger partial charge in [0.15, 0.2) is 0 Å². The fraction of sp³-hybridized carbons (Fsp3) is 0.250. The molecule has 19 heavy (non-hydrogen) atoms.